The van der Waals surface area contributed by atoms with Gasteiger partial charge in [-0.1, -0.05) is 33.7 Å². The van der Waals surface area contributed by atoms with Crippen molar-refractivity contribution in [3.05, 3.63) is 24.3 Å². The van der Waals surface area contributed by atoms with Crippen LogP contribution in [0.2, 0.25) is 0 Å². The summed E-state index contributed by atoms with van der Waals surface area (Å²) >= 11 is 0. The summed E-state index contributed by atoms with van der Waals surface area (Å²) in [5.41, 5.74) is -0.728. The minimum atomic E-state index is -0.896. The summed E-state index contributed by atoms with van der Waals surface area (Å²) in [5, 5.41) is 10.7. The third-order valence-corrected chi connectivity index (χ3v) is 6.43. The molecule has 0 saturated heterocycles. The van der Waals surface area contributed by atoms with E-state index in [1.54, 1.807) is 65.8 Å². The van der Waals surface area contributed by atoms with E-state index >= 15 is 0 Å². The number of nitrogens with one attached hydrogen (secondary N) is 4. The molecule has 10 nitrogen and oxygen atoms in total. The Morgan fingerprint density at radius 3 is 1.47 bits per heavy atom. The van der Waals surface area contributed by atoms with Crippen molar-refractivity contribution in [3.8, 4) is 0 Å². The first-order chi connectivity index (χ1) is 15.7. The Morgan fingerprint density at radius 1 is 0.794 bits per heavy atom. The van der Waals surface area contributed by atoms with Gasteiger partial charge in [0.1, 0.15) is 23.3 Å². The molecule has 1 aromatic rings. The molecular weight excluding hydrogens is 480 g/mol. The summed E-state index contributed by atoms with van der Waals surface area (Å²) in [5.74, 6) is -0.494. The first-order valence-electron chi connectivity index (χ1n) is 10.7. The number of ether oxygens (including phenoxy) is 2. The molecule has 2 atom stereocenters. The van der Waals surface area contributed by atoms with E-state index in [0.29, 0.717) is 11.4 Å². The van der Waals surface area contributed by atoms with Crippen LogP contribution in [0.5, 0.6) is 0 Å². The molecule has 0 radical (unpaired) electrons. The molecule has 0 fully saturated rings. The number of para-hydroxylation sites is 2. The number of fused-ring (bicyclic) bond motifs is 1. The zero-order valence-electron chi connectivity index (χ0n) is 20.1. The van der Waals surface area contributed by atoms with E-state index < -0.39 is 47.3 Å². The maximum absolute atomic E-state index is 12.9. The topological polar surface area (TPSA) is 135 Å². The molecule has 0 bridgehead atoms. The second-order valence-electron chi connectivity index (χ2n) is 9.49. The lowest BCUT2D eigenvalue weighted by molar-refractivity contribution is -0.118. The second-order valence-corrected chi connectivity index (χ2v) is 12.0. The van der Waals surface area contributed by atoms with Crippen molar-refractivity contribution in [2.75, 3.05) is 22.1 Å². The Morgan fingerprint density at radius 2 is 1.15 bits per heavy atom. The number of amides is 4. The quantitative estimate of drug-likeness (QED) is 0.440. The van der Waals surface area contributed by atoms with Crippen LogP contribution in [0.1, 0.15) is 41.5 Å². The lowest BCUT2D eigenvalue weighted by atomic mass is 10.2. The number of rotatable bonds is 2. The van der Waals surface area contributed by atoms with E-state index in [2.05, 4.69) is 21.3 Å². The molecule has 1 aliphatic rings. The highest BCUT2D eigenvalue weighted by Gasteiger charge is 2.29. The minimum Gasteiger partial charge on any atom is -0.444 e. The van der Waals surface area contributed by atoms with E-state index in [-0.39, 0.29) is 11.5 Å². The van der Waals surface area contributed by atoms with Crippen molar-refractivity contribution in [2.45, 2.75) is 64.8 Å². The van der Waals surface area contributed by atoms with Gasteiger partial charge in [0.25, 0.3) is 0 Å². The molecule has 34 heavy (non-hydrogen) atoms. The number of anilines is 2. The highest BCUT2D eigenvalue weighted by molar-refractivity contribution is 8.76. The summed E-state index contributed by atoms with van der Waals surface area (Å²) in [7, 11) is 2.56. The molecule has 0 saturated carbocycles. The zero-order chi connectivity index (χ0) is 25.5. The van der Waals surface area contributed by atoms with E-state index in [1.165, 1.54) is 21.6 Å². The average molecular weight is 513 g/mol. The molecule has 188 valence electrons. The number of carbonyl (C=O) groups is 4. The third-order valence-electron chi connectivity index (χ3n) is 4.01. The first kappa shape index (κ1) is 27.6. The van der Waals surface area contributed by atoms with Gasteiger partial charge in [0.2, 0.25) is 11.8 Å². The number of carbonyl (C=O) groups excluding carboxylic acids is 4. The predicted molar refractivity (Wildman–Crippen MR) is 135 cm³/mol. The van der Waals surface area contributed by atoms with Gasteiger partial charge in [-0.2, -0.15) is 0 Å². The Hall–Kier alpha value is -2.60. The van der Waals surface area contributed by atoms with Crippen LogP contribution in [-0.2, 0) is 19.1 Å². The van der Waals surface area contributed by atoms with Crippen molar-refractivity contribution < 1.29 is 28.7 Å². The molecule has 1 aliphatic heterocycles. The van der Waals surface area contributed by atoms with Gasteiger partial charge in [-0.3, -0.25) is 9.59 Å². The van der Waals surface area contributed by atoms with Crippen molar-refractivity contribution in [3.63, 3.8) is 0 Å². The number of hydrogen-bond donors (Lipinski definition) is 4. The van der Waals surface area contributed by atoms with Crippen molar-refractivity contribution in [1.82, 2.24) is 10.6 Å². The summed E-state index contributed by atoms with van der Waals surface area (Å²) in [6.45, 7) is 10.4. The Labute approximate surface area is 207 Å². The molecule has 1 aromatic carbocycles. The van der Waals surface area contributed by atoms with Gasteiger partial charge >= 0.3 is 12.2 Å². The molecule has 2 unspecified atom stereocenters. The second kappa shape index (κ2) is 11.7. The fourth-order valence-corrected chi connectivity index (χ4v) is 4.97. The summed E-state index contributed by atoms with van der Waals surface area (Å²) < 4.78 is 10.6. The zero-order valence-corrected chi connectivity index (χ0v) is 21.8. The van der Waals surface area contributed by atoms with E-state index in [9.17, 15) is 19.2 Å². The summed E-state index contributed by atoms with van der Waals surface area (Å²) in [6, 6.07) is 4.87. The third kappa shape index (κ3) is 9.72. The largest absolute Gasteiger partial charge is 0.444 e. The van der Waals surface area contributed by atoms with Crippen LogP contribution < -0.4 is 21.3 Å². The van der Waals surface area contributed by atoms with Crippen LogP contribution in [0, 0.1) is 0 Å². The van der Waals surface area contributed by atoms with E-state index in [1.807, 2.05) is 0 Å². The first-order valence-corrected chi connectivity index (χ1v) is 13.2. The SMILES string of the molecule is CC(C)(C)OC(=O)NC1CSSCC(NC(=O)OC(C)(C)C)C(=O)Nc2ccccc2NC1=O. The predicted octanol–water partition coefficient (Wildman–Crippen LogP) is 3.75. The fraction of sp³-hybridized carbons (Fsp3) is 0.545. The summed E-state index contributed by atoms with van der Waals surface area (Å²) in [4.78, 5) is 50.4. The molecular formula is C22H32N4O6S2. The smallest absolute Gasteiger partial charge is 0.408 e. The Bertz CT molecular complexity index is 840. The van der Waals surface area contributed by atoms with Gasteiger partial charge in [0.15, 0.2) is 0 Å². The lowest BCUT2D eigenvalue weighted by Crippen LogP contribution is -2.48. The van der Waals surface area contributed by atoms with Crippen molar-refractivity contribution >= 4 is 57.0 Å². The average Bonchev–Trinajstić information content (AvgIpc) is 2.67. The van der Waals surface area contributed by atoms with Crippen LogP contribution in [0.3, 0.4) is 0 Å². The highest BCUT2D eigenvalue weighted by atomic mass is 33.1. The van der Waals surface area contributed by atoms with Gasteiger partial charge in [0, 0.05) is 11.5 Å². The van der Waals surface area contributed by atoms with Gasteiger partial charge in [-0.15, -0.1) is 0 Å². The van der Waals surface area contributed by atoms with Crippen LogP contribution >= 0.6 is 21.6 Å². The van der Waals surface area contributed by atoms with Gasteiger partial charge in [-0.05, 0) is 53.7 Å². The standard InChI is InChI=1S/C22H32N4O6S2/c1-21(2,3)31-19(29)25-15-11-33-34-12-16(26-20(30)32-22(4,5)6)18(28)24-14-10-8-7-9-13(14)23-17(15)27/h7-10,15-16H,11-12H2,1-6H3,(H,23,27)(H,24,28)(H,25,29)(H,26,30). The molecule has 1 heterocycles. The van der Waals surface area contributed by atoms with Crippen molar-refractivity contribution in [1.29, 1.82) is 0 Å². The molecule has 4 amide bonds. The van der Waals surface area contributed by atoms with Crippen LogP contribution in [0.4, 0.5) is 21.0 Å². The van der Waals surface area contributed by atoms with E-state index in [0.717, 1.165) is 0 Å². The molecule has 0 aliphatic carbocycles. The van der Waals surface area contributed by atoms with E-state index in [4.69, 9.17) is 9.47 Å². The van der Waals surface area contributed by atoms with Gasteiger partial charge in [-0.25, -0.2) is 9.59 Å². The molecule has 2 rings (SSSR count). The maximum Gasteiger partial charge on any atom is 0.408 e. The molecule has 12 heteroatoms. The molecule has 0 aromatic heterocycles. The fourth-order valence-electron chi connectivity index (χ4n) is 2.64. The summed E-state index contributed by atoms with van der Waals surface area (Å²) in [6.07, 6.45) is -1.42. The number of alkyl carbamates (subject to hydrolysis) is 2. The minimum absolute atomic E-state index is 0.207. The van der Waals surface area contributed by atoms with Crippen LogP contribution in [0.15, 0.2) is 24.3 Å². The van der Waals surface area contributed by atoms with Gasteiger partial charge in [0.05, 0.1) is 11.4 Å². The maximum atomic E-state index is 12.9. The number of benzene rings is 1. The molecule has 0 spiro atoms. The highest BCUT2D eigenvalue weighted by Crippen LogP contribution is 2.27. The van der Waals surface area contributed by atoms with Gasteiger partial charge < -0.3 is 30.7 Å². The van der Waals surface area contributed by atoms with Crippen molar-refractivity contribution in [2.24, 2.45) is 0 Å². The van der Waals surface area contributed by atoms with Crippen LogP contribution in [-0.4, -0.2) is 58.8 Å². The Kier molecular flexibility index (Phi) is 9.51. The normalized spacial score (nSPS) is 19.8. The monoisotopic (exact) mass is 512 g/mol. The Balaban J connectivity index is 2.23. The molecule has 4 N–H and O–H groups in total. The van der Waals surface area contributed by atoms with Crippen LogP contribution in [0.25, 0.3) is 0 Å². The lowest BCUT2D eigenvalue weighted by Gasteiger charge is -2.25. The number of hydrogen-bond acceptors (Lipinski definition) is 8.